The summed E-state index contributed by atoms with van der Waals surface area (Å²) in [6, 6.07) is 5.55. The normalized spacial score (nSPS) is 23.2. The minimum Gasteiger partial charge on any atom is -0.486 e. The van der Waals surface area contributed by atoms with E-state index >= 15 is 0 Å². The van der Waals surface area contributed by atoms with E-state index in [0.717, 1.165) is 5.56 Å². The first-order chi connectivity index (χ1) is 11.3. The highest BCUT2D eigenvalue weighted by Gasteiger charge is 2.42. The minimum absolute atomic E-state index is 0.0393. The largest absolute Gasteiger partial charge is 0.486 e. The number of hydrogen-bond donors (Lipinski definition) is 1. The Hall–Kier alpha value is -2.24. The minimum atomic E-state index is -0.838. The van der Waals surface area contributed by atoms with Crippen LogP contribution in [0.15, 0.2) is 18.2 Å². The van der Waals surface area contributed by atoms with Gasteiger partial charge in [-0.3, -0.25) is 9.59 Å². The molecule has 0 aromatic heterocycles. The van der Waals surface area contributed by atoms with Crippen LogP contribution in [0.25, 0.3) is 0 Å². The number of carbonyl (C=O) groups is 2. The van der Waals surface area contributed by atoms with E-state index in [2.05, 4.69) is 0 Å². The lowest BCUT2D eigenvalue weighted by Gasteiger charge is -2.30. The molecule has 1 amide bonds. The number of hydrogen-bond acceptors (Lipinski definition) is 4. The molecule has 6 heteroatoms. The quantitative estimate of drug-likeness (QED) is 0.914. The summed E-state index contributed by atoms with van der Waals surface area (Å²) in [5.74, 6) is -0.0935. The first-order valence-corrected chi connectivity index (χ1v) is 8.23. The van der Waals surface area contributed by atoms with Crippen LogP contribution in [-0.2, 0) is 15.0 Å². The summed E-state index contributed by atoms with van der Waals surface area (Å²) in [7, 11) is 0. The Labute approximate surface area is 141 Å². The first-order valence-electron chi connectivity index (χ1n) is 8.23. The molecule has 0 saturated carbocycles. The van der Waals surface area contributed by atoms with Crippen molar-refractivity contribution < 1.29 is 24.2 Å². The number of fused-ring (bicyclic) bond motifs is 1. The van der Waals surface area contributed by atoms with Gasteiger partial charge in [-0.2, -0.15) is 0 Å². The third kappa shape index (κ3) is 2.81. The van der Waals surface area contributed by atoms with Gasteiger partial charge in [0, 0.05) is 13.1 Å². The molecule has 1 saturated heterocycles. The number of ether oxygens (including phenoxy) is 2. The molecule has 2 heterocycles. The fourth-order valence-corrected chi connectivity index (χ4v) is 3.40. The van der Waals surface area contributed by atoms with Crippen molar-refractivity contribution in [2.45, 2.75) is 26.2 Å². The number of benzene rings is 1. The SMILES string of the molecule is C[C@@H]1CN(C(=O)C(C)(C)c2ccc3c(c2)OCCO3)C[C@H]1C(=O)O. The van der Waals surface area contributed by atoms with Crippen molar-refractivity contribution in [3.8, 4) is 11.5 Å². The maximum atomic E-state index is 13.0. The van der Waals surface area contributed by atoms with Crippen molar-refractivity contribution in [2.75, 3.05) is 26.3 Å². The van der Waals surface area contributed by atoms with Gasteiger partial charge in [0.25, 0.3) is 0 Å². The average Bonchev–Trinajstić information content (AvgIpc) is 2.95. The van der Waals surface area contributed by atoms with Crippen molar-refractivity contribution in [2.24, 2.45) is 11.8 Å². The van der Waals surface area contributed by atoms with E-state index in [4.69, 9.17) is 9.47 Å². The number of aliphatic carboxylic acids is 1. The number of carbonyl (C=O) groups excluding carboxylic acids is 1. The van der Waals surface area contributed by atoms with Crippen LogP contribution in [0.2, 0.25) is 0 Å². The lowest BCUT2D eigenvalue weighted by molar-refractivity contribution is -0.142. The summed E-state index contributed by atoms with van der Waals surface area (Å²) >= 11 is 0. The standard InChI is InChI=1S/C18H23NO5/c1-11-9-19(10-13(11)16(20)21)17(22)18(2,3)12-4-5-14-15(8-12)24-7-6-23-14/h4-5,8,11,13H,6-7,9-10H2,1-3H3,(H,20,21)/t11-,13-/m1/s1. The molecule has 2 aliphatic rings. The fourth-order valence-electron chi connectivity index (χ4n) is 3.40. The monoisotopic (exact) mass is 333 g/mol. The van der Waals surface area contributed by atoms with E-state index in [0.29, 0.717) is 31.3 Å². The second-order valence-electron chi connectivity index (χ2n) is 7.12. The van der Waals surface area contributed by atoms with Gasteiger partial charge in [0.05, 0.1) is 11.3 Å². The van der Waals surface area contributed by atoms with Crippen LogP contribution in [-0.4, -0.2) is 48.2 Å². The molecule has 0 unspecified atom stereocenters. The highest BCUT2D eigenvalue weighted by Crippen LogP contribution is 2.37. The number of likely N-dealkylation sites (tertiary alicyclic amines) is 1. The third-order valence-corrected chi connectivity index (χ3v) is 5.02. The Kier molecular flexibility index (Phi) is 4.15. The summed E-state index contributed by atoms with van der Waals surface area (Å²) in [6.07, 6.45) is 0. The lowest BCUT2D eigenvalue weighted by Crippen LogP contribution is -2.42. The van der Waals surface area contributed by atoms with E-state index in [9.17, 15) is 14.7 Å². The number of carboxylic acids is 1. The van der Waals surface area contributed by atoms with Crippen molar-refractivity contribution in [3.63, 3.8) is 0 Å². The molecule has 0 bridgehead atoms. The van der Waals surface area contributed by atoms with Crippen LogP contribution in [0.4, 0.5) is 0 Å². The van der Waals surface area contributed by atoms with E-state index in [1.165, 1.54) is 0 Å². The molecule has 0 radical (unpaired) electrons. The molecule has 1 N–H and O–H groups in total. The molecular formula is C18H23NO5. The predicted molar refractivity (Wildman–Crippen MR) is 87.3 cm³/mol. The maximum absolute atomic E-state index is 13.0. The second-order valence-corrected chi connectivity index (χ2v) is 7.12. The van der Waals surface area contributed by atoms with Crippen molar-refractivity contribution in [1.29, 1.82) is 0 Å². The van der Waals surface area contributed by atoms with Gasteiger partial charge in [-0.15, -0.1) is 0 Å². The van der Waals surface area contributed by atoms with Crippen LogP contribution in [0.5, 0.6) is 11.5 Å². The van der Waals surface area contributed by atoms with E-state index in [1.54, 1.807) is 4.90 Å². The van der Waals surface area contributed by atoms with Crippen molar-refractivity contribution in [1.82, 2.24) is 4.90 Å². The zero-order valence-electron chi connectivity index (χ0n) is 14.2. The van der Waals surface area contributed by atoms with Crippen LogP contribution in [0.3, 0.4) is 0 Å². The topological polar surface area (TPSA) is 76.1 Å². The Morgan fingerprint density at radius 1 is 1.17 bits per heavy atom. The molecule has 3 rings (SSSR count). The van der Waals surface area contributed by atoms with Gasteiger partial charge < -0.3 is 19.5 Å². The third-order valence-electron chi connectivity index (χ3n) is 5.02. The Morgan fingerprint density at radius 2 is 1.83 bits per heavy atom. The summed E-state index contributed by atoms with van der Waals surface area (Å²) < 4.78 is 11.1. The number of nitrogens with zero attached hydrogens (tertiary/aromatic N) is 1. The van der Waals surface area contributed by atoms with Crippen molar-refractivity contribution in [3.05, 3.63) is 23.8 Å². The van der Waals surface area contributed by atoms with E-state index in [1.807, 2.05) is 39.0 Å². The zero-order valence-corrected chi connectivity index (χ0v) is 14.2. The van der Waals surface area contributed by atoms with E-state index in [-0.39, 0.29) is 18.4 Å². The maximum Gasteiger partial charge on any atom is 0.308 e. The molecule has 2 atom stereocenters. The molecule has 1 aromatic carbocycles. The van der Waals surface area contributed by atoms with Gasteiger partial charge in [-0.05, 0) is 37.5 Å². The smallest absolute Gasteiger partial charge is 0.308 e. The zero-order chi connectivity index (χ0) is 17.5. The molecule has 6 nitrogen and oxygen atoms in total. The van der Waals surface area contributed by atoms with Gasteiger partial charge in [-0.25, -0.2) is 0 Å². The van der Waals surface area contributed by atoms with E-state index < -0.39 is 17.3 Å². The van der Waals surface area contributed by atoms with Gasteiger partial charge in [0.15, 0.2) is 11.5 Å². The fraction of sp³-hybridized carbons (Fsp3) is 0.556. The number of amides is 1. The summed E-state index contributed by atoms with van der Waals surface area (Å²) in [4.78, 5) is 26.0. The van der Waals surface area contributed by atoms with Gasteiger partial charge >= 0.3 is 5.97 Å². The van der Waals surface area contributed by atoms with Crippen LogP contribution >= 0.6 is 0 Å². The Bertz CT molecular complexity index is 669. The van der Waals surface area contributed by atoms with Crippen LogP contribution in [0, 0.1) is 11.8 Å². The summed E-state index contributed by atoms with van der Waals surface area (Å²) in [6.45, 7) is 7.36. The molecule has 0 spiro atoms. The number of carboxylic acid groups (broad SMARTS) is 1. The average molecular weight is 333 g/mol. The van der Waals surface area contributed by atoms with Gasteiger partial charge in [0.2, 0.25) is 5.91 Å². The van der Waals surface area contributed by atoms with Crippen LogP contribution < -0.4 is 9.47 Å². The highest BCUT2D eigenvalue weighted by atomic mass is 16.6. The molecule has 130 valence electrons. The molecule has 1 fully saturated rings. The highest BCUT2D eigenvalue weighted by molar-refractivity contribution is 5.88. The molecule has 24 heavy (non-hydrogen) atoms. The first kappa shape index (κ1) is 16.6. The predicted octanol–water partition coefficient (Wildman–Crippen LogP) is 1.91. The molecule has 2 aliphatic heterocycles. The second kappa shape index (κ2) is 6.00. The number of rotatable bonds is 3. The molecular weight excluding hydrogens is 310 g/mol. The summed E-state index contributed by atoms with van der Waals surface area (Å²) in [5, 5.41) is 9.27. The Balaban J connectivity index is 1.82. The molecule has 0 aliphatic carbocycles. The Morgan fingerprint density at radius 3 is 2.46 bits per heavy atom. The lowest BCUT2D eigenvalue weighted by atomic mass is 9.83. The van der Waals surface area contributed by atoms with Crippen molar-refractivity contribution >= 4 is 11.9 Å². The van der Waals surface area contributed by atoms with Crippen LogP contribution in [0.1, 0.15) is 26.3 Å². The summed E-state index contributed by atoms with van der Waals surface area (Å²) in [5.41, 5.74) is 0.0753. The van der Waals surface area contributed by atoms with Gasteiger partial charge in [0.1, 0.15) is 13.2 Å². The van der Waals surface area contributed by atoms with Gasteiger partial charge in [-0.1, -0.05) is 13.0 Å². The molecule has 1 aromatic rings.